The summed E-state index contributed by atoms with van der Waals surface area (Å²) in [5.41, 5.74) is 12.2. The van der Waals surface area contributed by atoms with Gasteiger partial charge in [-0.15, -0.1) is 0 Å². The van der Waals surface area contributed by atoms with Crippen molar-refractivity contribution in [1.29, 1.82) is 0 Å². The molecule has 2 aliphatic carbocycles. The van der Waals surface area contributed by atoms with Gasteiger partial charge in [0.05, 0.1) is 16.1 Å². The predicted molar refractivity (Wildman–Crippen MR) is 155 cm³/mol. The molecule has 0 amide bonds. The van der Waals surface area contributed by atoms with E-state index in [1.807, 2.05) is 24.3 Å². The maximum absolute atomic E-state index is 6.52. The predicted octanol–water partition coefficient (Wildman–Crippen LogP) is 9.58. The monoisotopic (exact) mass is 491 g/mol. The third-order valence-electron chi connectivity index (χ3n) is 8.12. The smallest absolute Gasteiger partial charge is 0.0732 e. The number of anilines is 2. The van der Waals surface area contributed by atoms with Crippen molar-refractivity contribution in [2.75, 3.05) is 5.32 Å². The van der Waals surface area contributed by atoms with Crippen LogP contribution in [-0.4, -0.2) is 0 Å². The molecule has 0 saturated carbocycles. The molecule has 0 fully saturated rings. The van der Waals surface area contributed by atoms with Crippen LogP contribution >= 0.6 is 11.6 Å². The summed E-state index contributed by atoms with van der Waals surface area (Å²) >= 11 is 6.52. The number of hydrogen-bond donors (Lipinski definition) is 1. The van der Waals surface area contributed by atoms with Gasteiger partial charge in [0.25, 0.3) is 0 Å². The summed E-state index contributed by atoms with van der Waals surface area (Å²) in [5.74, 6) is 0. The van der Waals surface area contributed by atoms with Crippen LogP contribution in [0.5, 0.6) is 0 Å². The molecule has 0 saturated heterocycles. The zero-order chi connectivity index (χ0) is 24.6. The van der Waals surface area contributed by atoms with E-state index in [1.54, 1.807) is 0 Å². The van der Waals surface area contributed by atoms with E-state index >= 15 is 0 Å². The Morgan fingerprint density at radius 3 is 1.92 bits per heavy atom. The normalized spacial score (nSPS) is 13.8. The molecule has 0 aliphatic heterocycles. The minimum absolute atomic E-state index is 0.392. The van der Waals surface area contributed by atoms with E-state index in [2.05, 4.69) is 108 Å². The molecule has 0 radical (unpaired) electrons. The third-order valence-corrected chi connectivity index (χ3v) is 8.45. The maximum atomic E-state index is 6.52. The number of halogens is 1. The van der Waals surface area contributed by atoms with E-state index in [4.69, 9.17) is 11.6 Å². The highest BCUT2D eigenvalue weighted by Gasteiger charge is 2.52. The summed E-state index contributed by atoms with van der Waals surface area (Å²) in [5, 5.41) is 6.88. The first-order chi connectivity index (χ1) is 18.3. The summed E-state index contributed by atoms with van der Waals surface area (Å²) in [6.45, 7) is 0. The van der Waals surface area contributed by atoms with Gasteiger partial charge >= 0.3 is 0 Å². The second-order valence-corrected chi connectivity index (χ2v) is 10.3. The lowest BCUT2D eigenvalue weighted by atomic mass is 9.69. The molecule has 2 aliphatic rings. The molecule has 2 heteroatoms. The van der Waals surface area contributed by atoms with Gasteiger partial charge in [0.15, 0.2) is 0 Å². The fourth-order valence-corrected chi connectivity index (χ4v) is 6.90. The Labute approximate surface area is 221 Å². The van der Waals surface area contributed by atoms with Gasteiger partial charge in [-0.05, 0) is 79.5 Å². The molecule has 0 aromatic heterocycles. The van der Waals surface area contributed by atoms with Gasteiger partial charge in [-0.1, -0.05) is 115 Å². The topological polar surface area (TPSA) is 12.0 Å². The zero-order valence-electron chi connectivity index (χ0n) is 20.0. The Balaban J connectivity index is 1.50. The molecule has 0 heterocycles. The lowest BCUT2D eigenvalue weighted by Crippen LogP contribution is -2.26. The first-order valence-corrected chi connectivity index (χ1v) is 13.0. The lowest BCUT2D eigenvalue weighted by Gasteiger charge is -2.31. The molecule has 6 aromatic carbocycles. The van der Waals surface area contributed by atoms with Gasteiger partial charge < -0.3 is 5.32 Å². The number of hydrogen-bond acceptors (Lipinski definition) is 1. The summed E-state index contributed by atoms with van der Waals surface area (Å²) in [4.78, 5) is 0. The molecule has 0 unspecified atom stereocenters. The van der Waals surface area contributed by atoms with Crippen molar-refractivity contribution in [3.8, 4) is 22.3 Å². The highest BCUT2D eigenvalue weighted by molar-refractivity contribution is 6.33. The third kappa shape index (κ3) is 2.70. The number of nitrogens with one attached hydrogen (secondary N) is 1. The van der Waals surface area contributed by atoms with Gasteiger partial charge in [0.2, 0.25) is 0 Å². The summed E-state index contributed by atoms with van der Waals surface area (Å²) in [7, 11) is 0. The van der Waals surface area contributed by atoms with Crippen LogP contribution in [0, 0.1) is 0 Å². The van der Waals surface area contributed by atoms with Crippen LogP contribution in [0.1, 0.15) is 22.3 Å². The Hall–Kier alpha value is -4.33. The Kier molecular flexibility index (Phi) is 4.27. The van der Waals surface area contributed by atoms with Crippen molar-refractivity contribution in [1.82, 2.24) is 0 Å². The molecule has 1 N–H and O–H groups in total. The average Bonchev–Trinajstić information content (AvgIpc) is 3.41. The highest BCUT2D eigenvalue weighted by atomic mass is 35.5. The first kappa shape index (κ1) is 20.8. The largest absolute Gasteiger partial charge is 0.354 e. The van der Waals surface area contributed by atoms with Crippen LogP contribution in [0.15, 0.2) is 127 Å². The van der Waals surface area contributed by atoms with Crippen molar-refractivity contribution in [3.05, 3.63) is 155 Å². The quantitative estimate of drug-likeness (QED) is 0.254. The van der Waals surface area contributed by atoms with E-state index < -0.39 is 5.41 Å². The molecule has 8 rings (SSSR count). The molecule has 174 valence electrons. The average molecular weight is 492 g/mol. The SMILES string of the molecule is Clc1ccccc1Nc1ccc2c(c1)C1(c3ccccc3-c3ccccc31)c1c-2ccc2ccccc12. The molecule has 37 heavy (non-hydrogen) atoms. The molecule has 6 aromatic rings. The fourth-order valence-electron chi connectivity index (χ4n) is 6.71. The number of fused-ring (bicyclic) bond motifs is 12. The minimum atomic E-state index is -0.392. The van der Waals surface area contributed by atoms with Gasteiger partial charge in [-0.25, -0.2) is 0 Å². The summed E-state index contributed by atoms with van der Waals surface area (Å²) < 4.78 is 0. The minimum Gasteiger partial charge on any atom is -0.354 e. The molecule has 0 bridgehead atoms. The van der Waals surface area contributed by atoms with Crippen molar-refractivity contribution < 1.29 is 0 Å². The van der Waals surface area contributed by atoms with Gasteiger partial charge in [-0.2, -0.15) is 0 Å². The number of para-hydroxylation sites is 1. The van der Waals surface area contributed by atoms with E-state index in [1.165, 1.54) is 55.3 Å². The first-order valence-electron chi connectivity index (χ1n) is 12.6. The molecule has 0 atom stereocenters. The lowest BCUT2D eigenvalue weighted by molar-refractivity contribution is 0.801. The van der Waals surface area contributed by atoms with Crippen LogP contribution in [0.3, 0.4) is 0 Å². The second-order valence-electron chi connectivity index (χ2n) is 9.92. The van der Waals surface area contributed by atoms with Gasteiger partial charge in [0, 0.05) is 5.69 Å². The molecular formula is C35H22ClN. The van der Waals surface area contributed by atoms with Gasteiger partial charge in [0.1, 0.15) is 0 Å². The standard InChI is InChI=1S/C35H22ClN/c36-32-15-7-8-16-33(32)37-23-18-20-27-28-19-17-22-9-1-2-10-24(22)34(28)35(31(27)21-23)29-13-5-3-11-25(29)26-12-4-6-14-30(26)35/h1-21,37H. The van der Waals surface area contributed by atoms with E-state index in [0.29, 0.717) is 5.02 Å². The fraction of sp³-hybridized carbons (Fsp3) is 0.0286. The number of rotatable bonds is 2. The highest BCUT2D eigenvalue weighted by Crippen LogP contribution is 2.64. The van der Waals surface area contributed by atoms with Crippen LogP contribution in [0.2, 0.25) is 5.02 Å². The molecule has 1 spiro atoms. The maximum Gasteiger partial charge on any atom is 0.0732 e. The van der Waals surface area contributed by atoms with Crippen molar-refractivity contribution in [2.24, 2.45) is 0 Å². The van der Waals surface area contributed by atoms with Crippen LogP contribution in [-0.2, 0) is 5.41 Å². The Morgan fingerprint density at radius 1 is 0.514 bits per heavy atom. The van der Waals surface area contributed by atoms with E-state index in [0.717, 1.165) is 11.4 Å². The zero-order valence-corrected chi connectivity index (χ0v) is 20.8. The van der Waals surface area contributed by atoms with Crippen molar-refractivity contribution in [2.45, 2.75) is 5.41 Å². The number of benzene rings is 6. The van der Waals surface area contributed by atoms with Crippen LogP contribution < -0.4 is 5.32 Å². The molecule has 1 nitrogen and oxygen atoms in total. The van der Waals surface area contributed by atoms with Gasteiger partial charge in [-0.3, -0.25) is 0 Å². The summed E-state index contributed by atoms with van der Waals surface area (Å²) in [6, 6.07) is 46.0. The Bertz CT molecular complexity index is 1840. The van der Waals surface area contributed by atoms with Crippen LogP contribution in [0.25, 0.3) is 33.0 Å². The second kappa shape index (κ2) is 7.59. The van der Waals surface area contributed by atoms with E-state index in [9.17, 15) is 0 Å². The summed E-state index contributed by atoms with van der Waals surface area (Å²) in [6.07, 6.45) is 0. The Morgan fingerprint density at radius 2 is 1.14 bits per heavy atom. The van der Waals surface area contributed by atoms with Crippen LogP contribution in [0.4, 0.5) is 11.4 Å². The van der Waals surface area contributed by atoms with E-state index in [-0.39, 0.29) is 0 Å². The van der Waals surface area contributed by atoms with Crippen molar-refractivity contribution >= 4 is 33.7 Å². The molecular weight excluding hydrogens is 470 g/mol. The van der Waals surface area contributed by atoms with Crippen molar-refractivity contribution in [3.63, 3.8) is 0 Å².